The molecule has 3 N–H and O–H groups in total. The van der Waals surface area contributed by atoms with Gasteiger partial charge in [0.2, 0.25) is 0 Å². The van der Waals surface area contributed by atoms with Gasteiger partial charge in [-0.1, -0.05) is 37.6 Å². The molecule has 0 radical (unpaired) electrons. The molecule has 5 heteroatoms. The van der Waals surface area contributed by atoms with E-state index in [2.05, 4.69) is 5.16 Å². The van der Waals surface area contributed by atoms with Crippen LogP contribution in [0.2, 0.25) is 0 Å². The molecule has 112 valence electrons. The van der Waals surface area contributed by atoms with Crippen LogP contribution in [0.4, 0.5) is 10.1 Å². The molecule has 0 aliphatic carbocycles. The molecule has 20 heavy (non-hydrogen) atoms. The Morgan fingerprint density at radius 1 is 1.35 bits per heavy atom. The van der Waals surface area contributed by atoms with E-state index in [0.717, 1.165) is 25.8 Å². The van der Waals surface area contributed by atoms with E-state index >= 15 is 0 Å². The van der Waals surface area contributed by atoms with E-state index in [9.17, 15) is 4.39 Å². The Bertz CT molecular complexity index is 460. The summed E-state index contributed by atoms with van der Waals surface area (Å²) < 4.78 is 13.6. The number of amidine groups is 1. The van der Waals surface area contributed by atoms with Crippen molar-refractivity contribution in [2.24, 2.45) is 16.3 Å². The van der Waals surface area contributed by atoms with Gasteiger partial charge in [-0.05, 0) is 25.0 Å². The summed E-state index contributed by atoms with van der Waals surface area (Å²) in [5, 5.41) is 11.8. The normalized spacial score (nSPS) is 12.5. The number of halogens is 1. The summed E-state index contributed by atoms with van der Waals surface area (Å²) in [4.78, 5) is 1.91. The van der Waals surface area contributed by atoms with Gasteiger partial charge in [0.25, 0.3) is 0 Å². The lowest BCUT2D eigenvalue weighted by atomic mass is 9.86. The Balaban J connectivity index is 2.40. The first-order chi connectivity index (χ1) is 9.38. The van der Waals surface area contributed by atoms with Gasteiger partial charge in [0.05, 0.1) is 5.69 Å². The minimum Gasteiger partial charge on any atom is -0.409 e. The van der Waals surface area contributed by atoms with Crippen LogP contribution in [0.1, 0.15) is 33.1 Å². The second kappa shape index (κ2) is 7.12. The monoisotopic (exact) mass is 281 g/mol. The number of anilines is 1. The van der Waals surface area contributed by atoms with Crippen molar-refractivity contribution < 1.29 is 9.60 Å². The second-order valence-electron chi connectivity index (χ2n) is 5.70. The average molecular weight is 281 g/mol. The molecular formula is C15H24FN3O. The van der Waals surface area contributed by atoms with Crippen LogP contribution in [0.5, 0.6) is 0 Å². The lowest BCUT2D eigenvalue weighted by Gasteiger charge is -2.24. The smallest absolute Gasteiger partial charge is 0.146 e. The van der Waals surface area contributed by atoms with Gasteiger partial charge in [-0.3, -0.25) is 0 Å². The van der Waals surface area contributed by atoms with Crippen molar-refractivity contribution >= 4 is 11.5 Å². The van der Waals surface area contributed by atoms with E-state index in [4.69, 9.17) is 10.9 Å². The number of hydrogen-bond donors (Lipinski definition) is 2. The Morgan fingerprint density at radius 2 is 2.00 bits per heavy atom. The number of hydrogen-bond acceptors (Lipinski definition) is 3. The first-order valence-corrected chi connectivity index (χ1v) is 6.82. The minimum absolute atomic E-state index is 0.202. The van der Waals surface area contributed by atoms with Crippen LogP contribution < -0.4 is 10.6 Å². The Hall–Kier alpha value is -1.78. The number of benzene rings is 1. The van der Waals surface area contributed by atoms with Gasteiger partial charge >= 0.3 is 0 Å². The van der Waals surface area contributed by atoms with Gasteiger partial charge in [-0.2, -0.15) is 0 Å². The molecule has 0 fully saturated rings. The van der Waals surface area contributed by atoms with Crippen molar-refractivity contribution in [1.82, 2.24) is 0 Å². The van der Waals surface area contributed by atoms with E-state index in [1.807, 2.05) is 31.9 Å². The van der Waals surface area contributed by atoms with Crippen molar-refractivity contribution in [3.05, 3.63) is 30.1 Å². The van der Waals surface area contributed by atoms with Crippen molar-refractivity contribution in [2.45, 2.75) is 33.1 Å². The Labute approximate surface area is 120 Å². The lowest BCUT2D eigenvalue weighted by molar-refractivity contribution is 0.304. The fourth-order valence-electron chi connectivity index (χ4n) is 2.06. The average Bonchev–Trinajstić information content (AvgIpc) is 2.42. The number of unbranched alkanes of at least 4 members (excludes halogenated alkanes) is 1. The zero-order valence-corrected chi connectivity index (χ0v) is 12.4. The molecule has 0 spiro atoms. The van der Waals surface area contributed by atoms with Gasteiger partial charge < -0.3 is 15.8 Å². The molecule has 0 amide bonds. The number of nitrogens with zero attached hydrogens (tertiary/aromatic N) is 2. The summed E-state index contributed by atoms with van der Waals surface area (Å²) in [5.74, 6) is 0.0481. The fourth-order valence-corrected chi connectivity index (χ4v) is 2.06. The Morgan fingerprint density at radius 3 is 2.60 bits per heavy atom. The van der Waals surface area contributed by atoms with Gasteiger partial charge in [0, 0.05) is 19.0 Å². The van der Waals surface area contributed by atoms with Crippen LogP contribution >= 0.6 is 0 Å². The maximum atomic E-state index is 13.6. The number of rotatable bonds is 7. The van der Waals surface area contributed by atoms with Crippen LogP contribution in [0, 0.1) is 11.2 Å². The molecule has 1 rings (SSSR count). The van der Waals surface area contributed by atoms with Crippen molar-refractivity contribution in [2.75, 3.05) is 18.5 Å². The second-order valence-corrected chi connectivity index (χ2v) is 5.70. The number of oxime groups is 1. The topological polar surface area (TPSA) is 61.8 Å². The molecule has 0 unspecified atom stereocenters. The van der Waals surface area contributed by atoms with E-state index in [-0.39, 0.29) is 17.1 Å². The lowest BCUT2D eigenvalue weighted by Crippen LogP contribution is -2.32. The molecule has 0 aromatic heterocycles. The molecule has 0 bridgehead atoms. The first-order valence-electron chi connectivity index (χ1n) is 6.82. The number of para-hydroxylation sites is 1. The van der Waals surface area contributed by atoms with Gasteiger partial charge in [0.15, 0.2) is 0 Å². The maximum Gasteiger partial charge on any atom is 0.146 e. The summed E-state index contributed by atoms with van der Waals surface area (Å²) in [7, 11) is 1.88. The molecule has 1 aromatic rings. The first kappa shape index (κ1) is 16.3. The summed E-state index contributed by atoms with van der Waals surface area (Å²) >= 11 is 0. The molecule has 0 aliphatic rings. The van der Waals surface area contributed by atoms with Crippen LogP contribution in [-0.2, 0) is 0 Å². The van der Waals surface area contributed by atoms with Crippen LogP contribution in [0.25, 0.3) is 0 Å². The van der Waals surface area contributed by atoms with Crippen molar-refractivity contribution in [3.8, 4) is 0 Å². The molecule has 1 aromatic carbocycles. The standard InChI is InChI=1S/C15H24FN3O/c1-15(2,14(17)18-20)10-6-7-11-19(3)13-9-5-4-8-12(13)16/h4-5,8-9,20H,6-7,10-11H2,1-3H3,(H2,17,18). The summed E-state index contributed by atoms with van der Waals surface area (Å²) in [6.07, 6.45) is 2.68. The highest BCUT2D eigenvalue weighted by Gasteiger charge is 2.22. The molecule has 0 aliphatic heterocycles. The van der Waals surface area contributed by atoms with Gasteiger partial charge in [0.1, 0.15) is 11.7 Å². The highest BCUT2D eigenvalue weighted by molar-refractivity contribution is 5.85. The highest BCUT2D eigenvalue weighted by Crippen LogP contribution is 2.24. The van der Waals surface area contributed by atoms with Crippen LogP contribution in [0.15, 0.2) is 29.4 Å². The predicted octanol–water partition coefficient (Wildman–Crippen LogP) is 3.20. The quantitative estimate of drug-likeness (QED) is 0.265. The summed E-state index contributed by atoms with van der Waals surface area (Å²) in [5.41, 5.74) is 5.94. The Kier molecular flexibility index (Phi) is 5.80. The number of nitrogens with two attached hydrogens (primary N) is 1. The third-order valence-electron chi connectivity index (χ3n) is 3.61. The van der Waals surface area contributed by atoms with Gasteiger partial charge in [-0.25, -0.2) is 4.39 Å². The third-order valence-corrected chi connectivity index (χ3v) is 3.61. The molecule has 0 saturated carbocycles. The molecular weight excluding hydrogens is 257 g/mol. The highest BCUT2D eigenvalue weighted by atomic mass is 19.1. The van der Waals surface area contributed by atoms with Crippen LogP contribution in [0.3, 0.4) is 0 Å². The zero-order valence-electron chi connectivity index (χ0n) is 12.4. The van der Waals surface area contributed by atoms with E-state index < -0.39 is 0 Å². The van der Waals surface area contributed by atoms with Gasteiger partial charge in [-0.15, -0.1) is 0 Å². The van der Waals surface area contributed by atoms with E-state index in [1.165, 1.54) is 6.07 Å². The fraction of sp³-hybridized carbons (Fsp3) is 0.533. The SMILES string of the molecule is CN(CCCCC(C)(C)/C(N)=N/O)c1ccccc1F. The third kappa shape index (κ3) is 4.40. The molecule has 0 heterocycles. The largest absolute Gasteiger partial charge is 0.409 e. The predicted molar refractivity (Wildman–Crippen MR) is 80.7 cm³/mol. The van der Waals surface area contributed by atoms with Crippen molar-refractivity contribution in [1.29, 1.82) is 0 Å². The van der Waals surface area contributed by atoms with E-state index in [1.54, 1.807) is 12.1 Å². The molecule has 4 nitrogen and oxygen atoms in total. The summed E-state index contributed by atoms with van der Waals surface area (Å²) in [6, 6.07) is 6.76. The molecule has 0 atom stereocenters. The minimum atomic E-state index is -0.314. The van der Waals surface area contributed by atoms with Crippen LogP contribution in [-0.4, -0.2) is 24.6 Å². The van der Waals surface area contributed by atoms with E-state index in [0.29, 0.717) is 5.69 Å². The zero-order chi connectivity index (χ0) is 15.2. The summed E-state index contributed by atoms with van der Waals surface area (Å²) in [6.45, 7) is 4.67. The molecule has 0 saturated heterocycles. The maximum absolute atomic E-state index is 13.6. The van der Waals surface area contributed by atoms with Crippen molar-refractivity contribution in [3.63, 3.8) is 0 Å².